The maximum Gasteiger partial charge on any atom is 0.0281 e. The summed E-state index contributed by atoms with van der Waals surface area (Å²) in [6.07, 6.45) is 9.16. The molecule has 2 fully saturated rings. The Morgan fingerprint density at radius 3 is 2.15 bits per heavy atom. The maximum atomic E-state index is 6.28. The summed E-state index contributed by atoms with van der Waals surface area (Å²) in [5, 5.41) is 3.65. The molecule has 2 aliphatic carbocycles. The van der Waals surface area contributed by atoms with Gasteiger partial charge in [-0.05, 0) is 39.0 Å². The predicted octanol–water partition coefficient (Wildman–Crippen LogP) is 1.79. The second kappa shape index (κ2) is 3.25. The molecular weight excluding hydrogens is 160 g/mol. The van der Waals surface area contributed by atoms with Gasteiger partial charge in [0.2, 0.25) is 0 Å². The van der Waals surface area contributed by atoms with E-state index in [1.165, 1.54) is 44.9 Å². The molecule has 0 heterocycles. The van der Waals surface area contributed by atoms with Gasteiger partial charge in [0, 0.05) is 17.6 Å². The van der Waals surface area contributed by atoms with Crippen LogP contribution in [0.2, 0.25) is 0 Å². The maximum absolute atomic E-state index is 6.28. The van der Waals surface area contributed by atoms with E-state index in [2.05, 4.69) is 12.2 Å². The minimum atomic E-state index is 0.124. The molecule has 2 nitrogen and oxygen atoms in total. The van der Waals surface area contributed by atoms with E-state index >= 15 is 0 Å². The summed E-state index contributed by atoms with van der Waals surface area (Å²) in [6, 6.07) is 0. The highest BCUT2D eigenvalue weighted by Crippen LogP contribution is 2.33. The third kappa shape index (κ3) is 2.05. The van der Waals surface area contributed by atoms with Gasteiger partial charge in [-0.25, -0.2) is 0 Å². The van der Waals surface area contributed by atoms with E-state index in [0.29, 0.717) is 5.54 Å². The van der Waals surface area contributed by atoms with Gasteiger partial charge in [-0.2, -0.15) is 0 Å². The first-order valence-corrected chi connectivity index (χ1v) is 5.66. The first-order valence-electron chi connectivity index (χ1n) is 5.66. The fraction of sp³-hybridized carbons (Fsp3) is 1.00. The SMILES string of the molecule is CC1(NCC2(N)CCCC2)CCC1. The van der Waals surface area contributed by atoms with E-state index in [-0.39, 0.29) is 5.54 Å². The van der Waals surface area contributed by atoms with Crippen molar-refractivity contribution < 1.29 is 0 Å². The lowest BCUT2D eigenvalue weighted by atomic mass is 9.78. The minimum absolute atomic E-state index is 0.124. The Morgan fingerprint density at radius 1 is 1.08 bits per heavy atom. The van der Waals surface area contributed by atoms with Crippen LogP contribution in [0, 0.1) is 0 Å². The molecule has 0 aromatic rings. The van der Waals surface area contributed by atoms with Gasteiger partial charge in [0.25, 0.3) is 0 Å². The van der Waals surface area contributed by atoms with Crippen molar-refractivity contribution in [3.63, 3.8) is 0 Å². The van der Waals surface area contributed by atoms with Gasteiger partial charge in [-0.1, -0.05) is 12.8 Å². The largest absolute Gasteiger partial charge is 0.324 e. The van der Waals surface area contributed by atoms with E-state index in [0.717, 1.165) is 6.54 Å². The molecule has 0 spiro atoms. The molecule has 0 aliphatic heterocycles. The van der Waals surface area contributed by atoms with Crippen molar-refractivity contribution in [2.24, 2.45) is 5.73 Å². The van der Waals surface area contributed by atoms with Gasteiger partial charge < -0.3 is 11.1 Å². The molecule has 0 amide bonds. The van der Waals surface area contributed by atoms with Crippen molar-refractivity contribution in [2.75, 3.05) is 6.54 Å². The zero-order chi connectivity index (χ0) is 9.36. The molecular formula is C11H22N2. The fourth-order valence-electron chi connectivity index (χ4n) is 2.53. The van der Waals surface area contributed by atoms with Gasteiger partial charge in [0.15, 0.2) is 0 Å². The van der Waals surface area contributed by atoms with Crippen molar-refractivity contribution in [2.45, 2.75) is 62.9 Å². The van der Waals surface area contributed by atoms with E-state index < -0.39 is 0 Å². The first kappa shape index (κ1) is 9.47. The fourth-order valence-corrected chi connectivity index (χ4v) is 2.53. The van der Waals surface area contributed by atoms with Crippen LogP contribution in [-0.4, -0.2) is 17.6 Å². The quantitative estimate of drug-likeness (QED) is 0.698. The summed E-state index contributed by atoms with van der Waals surface area (Å²) in [4.78, 5) is 0. The lowest BCUT2D eigenvalue weighted by Crippen LogP contribution is -2.56. The summed E-state index contributed by atoms with van der Waals surface area (Å²) in [7, 11) is 0. The van der Waals surface area contributed by atoms with E-state index in [1.54, 1.807) is 0 Å². The molecule has 2 rings (SSSR count). The van der Waals surface area contributed by atoms with Crippen LogP contribution in [0.5, 0.6) is 0 Å². The van der Waals surface area contributed by atoms with Gasteiger partial charge in [0.1, 0.15) is 0 Å². The molecule has 0 atom stereocenters. The van der Waals surface area contributed by atoms with Gasteiger partial charge in [-0.3, -0.25) is 0 Å². The summed E-state index contributed by atoms with van der Waals surface area (Å²) in [6.45, 7) is 3.36. The monoisotopic (exact) mass is 182 g/mol. The minimum Gasteiger partial charge on any atom is -0.324 e. The number of nitrogens with two attached hydrogens (primary N) is 1. The molecule has 3 N–H and O–H groups in total. The molecule has 0 bridgehead atoms. The van der Waals surface area contributed by atoms with Crippen LogP contribution >= 0.6 is 0 Å². The van der Waals surface area contributed by atoms with Crippen LogP contribution in [0.1, 0.15) is 51.9 Å². The molecule has 0 aromatic heterocycles. The van der Waals surface area contributed by atoms with Crippen LogP contribution in [0.25, 0.3) is 0 Å². The summed E-state index contributed by atoms with van der Waals surface area (Å²) >= 11 is 0. The van der Waals surface area contributed by atoms with Crippen LogP contribution in [0.4, 0.5) is 0 Å². The van der Waals surface area contributed by atoms with Crippen LogP contribution in [0.15, 0.2) is 0 Å². The first-order chi connectivity index (χ1) is 6.12. The number of nitrogens with one attached hydrogen (secondary N) is 1. The Kier molecular flexibility index (Phi) is 2.37. The normalized spacial score (nSPS) is 30.0. The number of rotatable bonds is 3. The Bertz CT molecular complexity index is 179. The number of hydrogen-bond acceptors (Lipinski definition) is 2. The highest BCUT2D eigenvalue weighted by Gasteiger charge is 2.35. The van der Waals surface area contributed by atoms with E-state index in [9.17, 15) is 0 Å². The lowest BCUT2D eigenvalue weighted by Gasteiger charge is -2.42. The van der Waals surface area contributed by atoms with Crippen LogP contribution < -0.4 is 11.1 Å². The van der Waals surface area contributed by atoms with E-state index in [4.69, 9.17) is 5.73 Å². The Labute approximate surface area is 81.3 Å². The van der Waals surface area contributed by atoms with Gasteiger partial charge in [-0.15, -0.1) is 0 Å². The van der Waals surface area contributed by atoms with Crippen molar-refractivity contribution in [3.8, 4) is 0 Å². The Morgan fingerprint density at radius 2 is 1.69 bits per heavy atom. The van der Waals surface area contributed by atoms with Crippen molar-refractivity contribution in [1.29, 1.82) is 0 Å². The average molecular weight is 182 g/mol. The summed E-state index contributed by atoms with van der Waals surface area (Å²) in [5.74, 6) is 0. The zero-order valence-corrected chi connectivity index (χ0v) is 8.73. The lowest BCUT2D eigenvalue weighted by molar-refractivity contribution is 0.190. The molecule has 13 heavy (non-hydrogen) atoms. The summed E-state index contributed by atoms with van der Waals surface area (Å²) < 4.78 is 0. The molecule has 0 unspecified atom stereocenters. The van der Waals surface area contributed by atoms with Crippen LogP contribution in [-0.2, 0) is 0 Å². The third-order valence-electron chi connectivity index (χ3n) is 3.92. The molecule has 0 radical (unpaired) electrons. The van der Waals surface area contributed by atoms with Crippen molar-refractivity contribution in [1.82, 2.24) is 5.32 Å². The van der Waals surface area contributed by atoms with Crippen LogP contribution in [0.3, 0.4) is 0 Å². The standard InChI is InChI=1S/C11H22N2/c1-10(5-4-6-10)13-9-11(12)7-2-3-8-11/h13H,2-9,12H2,1H3. The molecule has 0 aromatic carbocycles. The third-order valence-corrected chi connectivity index (χ3v) is 3.92. The van der Waals surface area contributed by atoms with Gasteiger partial charge >= 0.3 is 0 Å². The molecule has 2 saturated carbocycles. The Hall–Kier alpha value is -0.0800. The smallest absolute Gasteiger partial charge is 0.0281 e. The predicted molar refractivity (Wildman–Crippen MR) is 55.6 cm³/mol. The highest BCUT2D eigenvalue weighted by molar-refractivity contribution is 4.97. The zero-order valence-electron chi connectivity index (χ0n) is 8.73. The number of hydrogen-bond donors (Lipinski definition) is 2. The Balaban J connectivity index is 1.77. The van der Waals surface area contributed by atoms with Gasteiger partial charge in [0.05, 0.1) is 0 Å². The molecule has 2 aliphatic rings. The van der Waals surface area contributed by atoms with Crippen molar-refractivity contribution >= 4 is 0 Å². The summed E-state index contributed by atoms with van der Waals surface area (Å²) in [5.41, 5.74) is 6.83. The molecule has 0 saturated heterocycles. The average Bonchev–Trinajstić information content (AvgIpc) is 2.46. The molecule has 76 valence electrons. The molecule has 2 heteroatoms. The highest BCUT2D eigenvalue weighted by atomic mass is 15.0. The van der Waals surface area contributed by atoms with Crippen molar-refractivity contribution in [3.05, 3.63) is 0 Å². The van der Waals surface area contributed by atoms with E-state index in [1.807, 2.05) is 0 Å². The second-order valence-corrected chi connectivity index (χ2v) is 5.34. The second-order valence-electron chi connectivity index (χ2n) is 5.34. The topological polar surface area (TPSA) is 38.0 Å².